The highest BCUT2D eigenvalue weighted by Crippen LogP contribution is 2.25. The molecule has 6 nitrogen and oxygen atoms in total. The Kier molecular flexibility index (Phi) is 3.19. The van der Waals surface area contributed by atoms with Gasteiger partial charge >= 0.3 is 0 Å². The van der Waals surface area contributed by atoms with Gasteiger partial charge in [-0.2, -0.15) is 0 Å². The van der Waals surface area contributed by atoms with E-state index >= 15 is 0 Å². The van der Waals surface area contributed by atoms with Crippen molar-refractivity contribution < 1.29 is 8.78 Å². The van der Waals surface area contributed by atoms with E-state index in [-0.39, 0.29) is 5.69 Å². The summed E-state index contributed by atoms with van der Waals surface area (Å²) in [6, 6.07) is 3.43. The third kappa shape index (κ3) is 2.50. The van der Waals surface area contributed by atoms with Crippen LogP contribution >= 0.6 is 0 Å². The zero-order valence-electron chi connectivity index (χ0n) is 10.7. The van der Waals surface area contributed by atoms with Gasteiger partial charge in [-0.1, -0.05) is 0 Å². The smallest absolute Gasteiger partial charge is 0.166 e. The van der Waals surface area contributed by atoms with Gasteiger partial charge in [0.05, 0.1) is 0 Å². The summed E-state index contributed by atoms with van der Waals surface area (Å²) in [5.74, 6) is -1.15. The lowest BCUT2D eigenvalue weighted by Crippen LogP contribution is -2.06. The van der Waals surface area contributed by atoms with E-state index in [9.17, 15) is 8.78 Å². The van der Waals surface area contributed by atoms with E-state index in [0.29, 0.717) is 17.3 Å². The lowest BCUT2D eigenvalue weighted by atomic mass is 10.3. The van der Waals surface area contributed by atoms with Gasteiger partial charge in [0, 0.05) is 24.1 Å². The molecule has 1 aromatic carbocycles. The molecule has 2 aromatic heterocycles. The SMILES string of the molecule is Nc1c(Nc2ccc(F)c(F)c2)ncnc1-n1ccnc1. The summed E-state index contributed by atoms with van der Waals surface area (Å²) in [5.41, 5.74) is 6.58. The quantitative estimate of drug-likeness (QED) is 0.772. The second kappa shape index (κ2) is 5.16. The Labute approximate surface area is 118 Å². The number of hydrogen-bond donors (Lipinski definition) is 2. The third-order valence-corrected chi connectivity index (χ3v) is 2.79. The maximum atomic E-state index is 13.2. The summed E-state index contributed by atoms with van der Waals surface area (Å²) < 4.78 is 27.7. The predicted molar refractivity (Wildman–Crippen MR) is 73.2 cm³/mol. The molecule has 0 atom stereocenters. The molecular weight excluding hydrogens is 278 g/mol. The maximum Gasteiger partial charge on any atom is 0.166 e. The van der Waals surface area contributed by atoms with Gasteiger partial charge in [0.2, 0.25) is 0 Å². The van der Waals surface area contributed by atoms with Crippen LogP contribution in [0, 0.1) is 11.6 Å². The summed E-state index contributed by atoms with van der Waals surface area (Å²) >= 11 is 0. The highest BCUT2D eigenvalue weighted by atomic mass is 19.2. The maximum absolute atomic E-state index is 13.2. The summed E-state index contributed by atoms with van der Waals surface area (Å²) in [4.78, 5) is 12.0. The molecule has 0 aliphatic heterocycles. The van der Waals surface area contributed by atoms with E-state index in [1.807, 2.05) is 0 Å². The summed E-state index contributed by atoms with van der Waals surface area (Å²) in [5, 5.41) is 2.83. The summed E-state index contributed by atoms with van der Waals surface area (Å²) in [6.45, 7) is 0. The van der Waals surface area contributed by atoms with Crippen LogP contribution in [-0.2, 0) is 0 Å². The standard InChI is InChI=1S/C13H10F2N6/c14-9-2-1-8(5-10(9)15)20-12-11(16)13(19-6-18-12)21-4-3-17-7-21/h1-7H,16H2,(H,18,19,20). The summed E-state index contributed by atoms with van der Waals surface area (Å²) in [6.07, 6.45) is 6.12. The number of nitrogen functional groups attached to an aromatic ring is 1. The third-order valence-electron chi connectivity index (χ3n) is 2.79. The van der Waals surface area contributed by atoms with Crippen molar-refractivity contribution in [1.82, 2.24) is 19.5 Å². The topological polar surface area (TPSA) is 81.6 Å². The molecule has 0 fully saturated rings. The van der Waals surface area contributed by atoms with Gasteiger partial charge in [0.15, 0.2) is 23.3 Å². The van der Waals surface area contributed by atoms with Gasteiger partial charge in [-0.25, -0.2) is 23.7 Å². The average Bonchev–Trinajstić information content (AvgIpc) is 2.99. The Bertz CT molecular complexity index is 772. The normalized spacial score (nSPS) is 10.6. The monoisotopic (exact) mass is 288 g/mol. The van der Waals surface area contributed by atoms with Crippen LogP contribution < -0.4 is 11.1 Å². The van der Waals surface area contributed by atoms with Crippen molar-refractivity contribution >= 4 is 17.2 Å². The molecule has 8 heteroatoms. The Hall–Kier alpha value is -3.03. The molecule has 106 valence electrons. The molecule has 2 heterocycles. The van der Waals surface area contributed by atoms with Crippen LogP contribution in [-0.4, -0.2) is 19.5 Å². The zero-order valence-corrected chi connectivity index (χ0v) is 10.7. The molecule has 0 saturated carbocycles. The minimum Gasteiger partial charge on any atom is -0.393 e. The van der Waals surface area contributed by atoms with Crippen molar-refractivity contribution in [3.8, 4) is 5.82 Å². The van der Waals surface area contributed by atoms with Crippen molar-refractivity contribution in [2.24, 2.45) is 0 Å². The van der Waals surface area contributed by atoms with Gasteiger partial charge < -0.3 is 11.1 Å². The van der Waals surface area contributed by atoms with Crippen LogP contribution in [0.1, 0.15) is 0 Å². The van der Waals surface area contributed by atoms with Gasteiger partial charge in [-0.3, -0.25) is 4.57 Å². The number of anilines is 3. The Morgan fingerprint density at radius 2 is 2.00 bits per heavy atom. The van der Waals surface area contributed by atoms with Crippen molar-refractivity contribution in [2.45, 2.75) is 0 Å². The highest BCUT2D eigenvalue weighted by Gasteiger charge is 2.10. The molecular formula is C13H10F2N6. The lowest BCUT2D eigenvalue weighted by molar-refractivity contribution is 0.509. The second-order valence-corrected chi connectivity index (χ2v) is 4.18. The largest absolute Gasteiger partial charge is 0.393 e. The lowest BCUT2D eigenvalue weighted by Gasteiger charge is -2.11. The van der Waals surface area contributed by atoms with Crippen LogP contribution in [0.5, 0.6) is 0 Å². The molecule has 0 spiro atoms. The number of nitrogens with two attached hydrogens (primary N) is 1. The van der Waals surface area contributed by atoms with Crippen LogP contribution in [0.2, 0.25) is 0 Å². The van der Waals surface area contributed by atoms with E-state index in [1.54, 1.807) is 23.3 Å². The summed E-state index contributed by atoms with van der Waals surface area (Å²) in [7, 11) is 0. The van der Waals surface area contributed by atoms with Gasteiger partial charge in [0.25, 0.3) is 0 Å². The Morgan fingerprint density at radius 1 is 1.14 bits per heavy atom. The number of nitrogens with zero attached hydrogens (tertiary/aromatic N) is 4. The molecule has 3 rings (SSSR count). The van der Waals surface area contributed by atoms with Crippen molar-refractivity contribution in [1.29, 1.82) is 0 Å². The van der Waals surface area contributed by atoms with Gasteiger partial charge in [-0.15, -0.1) is 0 Å². The van der Waals surface area contributed by atoms with E-state index < -0.39 is 11.6 Å². The van der Waals surface area contributed by atoms with E-state index in [1.165, 1.54) is 12.4 Å². The minimum atomic E-state index is -0.956. The van der Waals surface area contributed by atoms with Crippen LogP contribution in [0.3, 0.4) is 0 Å². The van der Waals surface area contributed by atoms with E-state index in [4.69, 9.17) is 5.73 Å². The number of aromatic nitrogens is 4. The fourth-order valence-electron chi connectivity index (χ4n) is 1.79. The molecule has 3 aromatic rings. The van der Waals surface area contributed by atoms with Gasteiger partial charge in [-0.05, 0) is 12.1 Å². The van der Waals surface area contributed by atoms with Crippen molar-refractivity contribution in [2.75, 3.05) is 11.1 Å². The Morgan fingerprint density at radius 3 is 2.71 bits per heavy atom. The first-order valence-electron chi connectivity index (χ1n) is 5.96. The molecule has 0 unspecified atom stereocenters. The predicted octanol–water partition coefficient (Wildman–Crippen LogP) is 2.27. The van der Waals surface area contributed by atoms with Crippen molar-refractivity contribution in [3.63, 3.8) is 0 Å². The molecule has 0 amide bonds. The number of nitrogens with one attached hydrogen (secondary N) is 1. The van der Waals surface area contributed by atoms with E-state index in [2.05, 4.69) is 20.3 Å². The first-order chi connectivity index (χ1) is 10.1. The number of benzene rings is 1. The van der Waals surface area contributed by atoms with Crippen LogP contribution in [0.15, 0.2) is 43.2 Å². The Balaban J connectivity index is 1.96. The molecule has 0 radical (unpaired) electrons. The van der Waals surface area contributed by atoms with Crippen molar-refractivity contribution in [3.05, 3.63) is 54.9 Å². The molecule has 0 bridgehead atoms. The average molecular weight is 288 g/mol. The molecule has 0 aliphatic carbocycles. The first kappa shape index (κ1) is 13.0. The van der Waals surface area contributed by atoms with E-state index in [0.717, 1.165) is 12.1 Å². The second-order valence-electron chi connectivity index (χ2n) is 4.18. The highest BCUT2D eigenvalue weighted by molar-refractivity contribution is 5.73. The molecule has 3 N–H and O–H groups in total. The molecule has 0 saturated heterocycles. The number of imidazole rings is 1. The fraction of sp³-hybridized carbons (Fsp3) is 0. The van der Waals surface area contributed by atoms with Crippen LogP contribution in [0.4, 0.5) is 26.0 Å². The fourth-order valence-corrected chi connectivity index (χ4v) is 1.79. The first-order valence-corrected chi connectivity index (χ1v) is 5.96. The zero-order chi connectivity index (χ0) is 14.8. The molecule has 21 heavy (non-hydrogen) atoms. The van der Waals surface area contributed by atoms with Gasteiger partial charge in [0.1, 0.15) is 18.3 Å². The minimum absolute atomic E-state index is 0.264. The number of rotatable bonds is 3. The molecule has 0 aliphatic rings. The number of halogens is 2. The number of hydrogen-bond acceptors (Lipinski definition) is 5. The van der Waals surface area contributed by atoms with Crippen LogP contribution in [0.25, 0.3) is 5.82 Å².